The van der Waals surface area contributed by atoms with Crippen molar-refractivity contribution in [2.75, 3.05) is 6.54 Å². The predicted octanol–water partition coefficient (Wildman–Crippen LogP) is 2.48. The Morgan fingerprint density at radius 1 is 1.60 bits per heavy atom. The zero-order chi connectivity index (χ0) is 10.7. The van der Waals surface area contributed by atoms with Gasteiger partial charge in [0.25, 0.3) is 0 Å². The number of nitrogens with zero attached hydrogens (tertiary/aromatic N) is 1. The molecule has 2 heterocycles. The molecule has 0 amide bonds. The van der Waals surface area contributed by atoms with Crippen LogP contribution in [0.25, 0.3) is 0 Å². The van der Waals surface area contributed by atoms with Crippen molar-refractivity contribution in [1.29, 1.82) is 0 Å². The molecular formula is C12H19NOS. The summed E-state index contributed by atoms with van der Waals surface area (Å²) in [6, 6.07) is 4.64. The van der Waals surface area contributed by atoms with Gasteiger partial charge in [0.15, 0.2) is 0 Å². The van der Waals surface area contributed by atoms with Gasteiger partial charge in [-0.1, -0.05) is 12.5 Å². The Bertz CT molecular complexity index is 284. The van der Waals surface area contributed by atoms with E-state index in [0.717, 1.165) is 19.5 Å². The van der Waals surface area contributed by atoms with Crippen LogP contribution in [0.5, 0.6) is 0 Å². The quantitative estimate of drug-likeness (QED) is 0.854. The molecular weight excluding hydrogens is 206 g/mol. The lowest BCUT2D eigenvalue weighted by atomic mass is 9.98. The molecule has 0 aliphatic carbocycles. The molecule has 1 aliphatic rings. The summed E-state index contributed by atoms with van der Waals surface area (Å²) in [5.74, 6) is 0. The van der Waals surface area contributed by atoms with Gasteiger partial charge in [0.1, 0.15) is 0 Å². The van der Waals surface area contributed by atoms with E-state index in [4.69, 9.17) is 0 Å². The van der Waals surface area contributed by atoms with E-state index in [-0.39, 0.29) is 6.10 Å². The maximum Gasteiger partial charge on any atom is 0.0667 e. The Labute approximate surface area is 95.5 Å². The molecule has 1 fully saturated rings. The molecule has 2 nitrogen and oxygen atoms in total. The minimum Gasteiger partial charge on any atom is -0.392 e. The molecule has 2 atom stereocenters. The molecule has 1 aromatic rings. The second-order valence-electron chi connectivity index (χ2n) is 4.35. The molecule has 1 aliphatic heterocycles. The third-order valence-electron chi connectivity index (χ3n) is 3.16. The molecule has 0 radical (unpaired) electrons. The number of piperidine rings is 1. The number of aliphatic hydroxyl groups is 1. The van der Waals surface area contributed by atoms with Crippen LogP contribution in [0.1, 0.15) is 31.1 Å². The first-order valence-corrected chi connectivity index (χ1v) is 6.60. The molecule has 2 rings (SSSR count). The normalized spacial score (nSPS) is 25.3. The second kappa shape index (κ2) is 5.10. The molecule has 0 aromatic carbocycles. The lowest BCUT2D eigenvalue weighted by Crippen LogP contribution is -2.45. The van der Waals surface area contributed by atoms with Crippen molar-refractivity contribution in [3.05, 3.63) is 22.4 Å². The number of thiophene rings is 1. The highest BCUT2D eigenvalue weighted by molar-refractivity contribution is 7.09. The standard InChI is InChI=1S/C12H19NOS/c1-10(14)12-6-2-3-7-13(12)9-11-5-4-8-15-11/h4-5,8,10,12,14H,2-3,6-7,9H2,1H3. The van der Waals surface area contributed by atoms with Crippen LogP contribution in [0.15, 0.2) is 17.5 Å². The van der Waals surface area contributed by atoms with Gasteiger partial charge in [-0.3, -0.25) is 4.90 Å². The van der Waals surface area contributed by atoms with Crippen LogP contribution in [-0.4, -0.2) is 28.7 Å². The highest BCUT2D eigenvalue weighted by Gasteiger charge is 2.26. The van der Waals surface area contributed by atoms with Crippen molar-refractivity contribution in [3.8, 4) is 0 Å². The zero-order valence-corrected chi connectivity index (χ0v) is 10.0. The summed E-state index contributed by atoms with van der Waals surface area (Å²) >= 11 is 1.81. The van der Waals surface area contributed by atoms with Gasteiger partial charge in [-0.2, -0.15) is 0 Å². The van der Waals surface area contributed by atoms with Crippen LogP contribution in [0.4, 0.5) is 0 Å². The van der Waals surface area contributed by atoms with E-state index in [2.05, 4.69) is 22.4 Å². The molecule has 1 N–H and O–H groups in total. The van der Waals surface area contributed by atoms with Crippen molar-refractivity contribution in [1.82, 2.24) is 4.90 Å². The maximum absolute atomic E-state index is 9.74. The number of hydrogen-bond donors (Lipinski definition) is 1. The van der Waals surface area contributed by atoms with Crippen molar-refractivity contribution in [3.63, 3.8) is 0 Å². The minimum absolute atomic E-state index is 0.203. The average molecular weight is 225 g/mol. The third-order valence-corrected chi connectivity index (χ3v) is 4.02. The molecule has 0 spiro atoms. The maximum atomic E-state index is 9.74. The van der Waals surface area contributed by atoms with Crippen LogP contribution in [-0.2, 0) is 6.54 Å². The fourth-order valence-electron chi connectivity index (χ4n) is 2.36. The minimum atomic E-state index is -0.203. The van der Waals surface area contributed by atoms with Crippen LogP contribution in [0.2, 0.25) is 0 Å². The first-order chi connectivity index (χ1) is 7.27. The van der Waals surface area contributed by atoms with Gasteiger partial charge in [-0.05, 0) is 37.8 Å². The summed E-state index contributed by atoms with van der Waals surface area (Å²) in [7, 11) is 0. The van der Waals surface area contributed by atoms with E-state index in [0.29, 0.717) is 6.04 Å². The van der Waals surface area contributed by atoms with Gasteiger partial charge in [-0.15, -0.1) is 11.3 Å². The van der Waals surface area contributed by atoms with E-state index in [1.54, 1.807) is 0 Å². The highest BCUT2D eigenvalue weighted by atomic mass is 32.1. The van der Waals surface area contributed by atoms with Crippen molar-refractivity contribution >= 4 is 11.3 Å². The summed E-state index contributed by atoms with van der Waals surface area (Å²) in [4.78, 5) is 3.84. The molecule has 3 heteroatoms. The zero-order valence-electron chi connectivity index (χ0n) is 9.22. The summed E-state index contributed by atoms with van der Waals surface area (Å²) in [5.41, 5.74) is 0. The molecule has 1 saturated heterocycles. The second-order valence-corrected chi connectivity index (χ2v) is 5.39. The highest BCUT2D eigenvalue weighted by Crippen LogP contribution is 2.23. The van der Waals surface area contributed by atoms with Gasteiger partial charge in [0.2, 0.25) is 0 Å². The van der Waals surface area contributed by atoms with E-state index >= 15 is 0 Å². The van der Waals surface area contributed by atoms with Crippen LogP contribution >= 0.6 is 11.3 Å². The van der Waals surface area contributed by atoms with Gasteiger partial charge in [0.05, 0.1) is 6.10 Å². The van der Waals surface area contributed by atoms with Crippen molar-refractivity contribution < 1.29 is 5.11 Å². The number of aliphatic hydroxyl groups excluding tert-OH is 1. The summed E-state index contributed by atoms with van der Waals surface area (Å²) < 4.78 is 0. The fraction of sp³-hybridized carbons (Fsp3) is 0.667. The van der Waals surface area contributed by atoms with Crippen LogP contribution in [0, 0.1) is 0 Å². The Balaban J connectivity index is 1.99. The summed E-state index contributed by atoms with van der Waals surface area (Å²) in [6.45, 7) is 4.05. The van der Waals surface area contributed by atoms with E-state index < -0.39 is 0 Å². The van der Waals surface area contributed by atoms with Gasteiger partial charge in [0, 0.05) is 17.5 Å². The Morgan fingerprint density at radius 2 is 2.47 bits per heavy atom. The van der Waals surface area contributed by atoms with Crippen LogP contribution in [0.3, 0.4) is 0 Å². The molecule has 2 unspecified atom stereocenters. The van der Waals surface area contributed by atoms with Crippen molar-refractivity contribution in [2.45, 2.75) is 44.9 Å². The topological polar surface area (TPSA) is 23.5 Å². The van der Waals surface area contributed by atoms with Gasteiger partial charge < -0.3 is 5.11 Å². The van der Waals surface area contributed by atoms with Gasteiger partial charge >= 0.3 is 0 Å². The third kappa shape index (κ3) is 2.80. The monoisotopic (exact) mass is 225 g/mol. The first-order valence-electron chi connectivity index (χ1n) is 5.72. The summed E-state index contributed by atoms with van der Waals surface area (Å²) in [5, 5.41) is 11.9. The van der Waals surface area contributed by atoms with Crippen LogP contribution < -0.4 is 0 Å². The SMILES string of the molecule is CC(O)C1CCCCN1Cc1cccs1. The lowest BCUT2D eigenvalue weighted by molar-refractivity contribution is 0.0322. The smallest absolute Gasteiger partial charge is 0.0667 e. The van der Waals surface area contributed by atoms with E-state index in [1.165, 1.54) is 17.7 Å². The first kappa shape index (κ1) is 11.1. The van der Waals surface area contributed by atoms with E-state index in [1.807, 2.05) is 18.3 Å². The lowest BCUT2D eigenvalue weighted by Gasteiger charge is -2.37. The molecule has 84 valence electrons. The largest absolute Gasteiger partial charge is 0.392 e. The molecule has 1 aromatic heterocycles. The van der Waals surface area contributed by atoms with E-state index in [9.17, 15) is 5.11 Å². The number of rotatable bonds is 3. The predicted molar refractivity (Wildman–Crippen MR) is 64.0 cm³/mol. The van der Waals surface area contributed by atoms with Gasteiger partial charge in [-0.25, -0.2) is 0 Å². The Hall–Kier alpha value is -0.380. The Morgan fingerprint density at radius 3 is 3.13 bits per heavy atom. The summed E-state index contributed by atoms with van der Waals surface area (Å²) in [6.07, 6.45) is 3.47. The number of likely N-dealkylation sites (tertiary alicyclic amines) is 1. The average Bonchev–Trinajstić information content (AvgIpc) is 2.71. The molecule has 0 saturated carbocycles. The molecule has 15 heavy (non-hydrogen) atoms. The fourth-order valence-corrected chi connectivity index (χ4v) is 3.09. The Kier molecular flexibility index (Phi) is 3.78. The number of hydrogen-bond acceptors (Lipinski definition) is 3. The molecule has 0 bridgehead atoms. The van der Waals surface area contributed by atoms with Crippen molar-refractivity contribution in [2.24, 2.45) is 0 Å².